The van der Waals surface area contributed by atoms with E-state index in [4.69, 9.17) is 0 Å². The number of nitrogens with one attached hydrogen (secondary N) is 1. The summed E-state index contributed by atoms with van der Waals surface area (Å²) in [6, 6.07) is 12.3. The Kier molecular flexibility index (Phi) is 6.22. The number of aromatic nitrogens is 3. The van der Waals surface area contributed by atoms with E-state index in [1.54, 1.807) is 6.33 Å². The van der Waals surface area contributed by atoms with E-state index >= 15 is 0 Å². The van der Waals surface area contributed by atoms with Crippen LogP contribution in [0.4, 0.5) is 5.69 Å². The van der Waals surface area contributed by atoms with Crippen LogP contribution in [0.1, 0.15) is 36.2 Å². The lowest BCUT2D eigenvalue weighted by Gasteiger charge is -2.29. The molecule has 1 aromatic carbocycles. The van der Waals surface area contributed by atoms with E-state index < -0.39 is 0 Å². The number of imidazole rings is 1. The number of nitriles is 1. The molecule has 0 radical (unpaired) electrons. The van der Waals surface area contributed by atoms with Crippen molar-refractivity contribution >= 4 is 5.69 Å². The van der Waals surface area contributed by atoms with Gasteiger partial charge in [-0.25, -0.2) is 4.98 Å². The maximum absolute atomic E-state index is 9.22. The second-order valence-electron chi connectivity index (χ2n) is 6.94. The van der Waals surface area contributed by atoms with Gasteiger partial charge in [0.2, 0.25) is 0 Å². The molecule has 0 bridgehead atoms. The van der Waals surface area contributed by atoms with Gasteiger partial charge < -0.3 is 9.88 Å². The molecular weight excluding hydrogens is 334 g/mol. The van der Waals surface area contributed by atoms with Crippen LogP contribution in [0.2, 0.25) is 0 Å². The van der Waals surface area contributed by atoms with Crippen LogP contribution in [0.5, 0.6) is 0 Å². The van der Waals surface area contributed by atoms with Gasteiger partial charge in [-0.3, -0.25) is 4.98 Å². The average molecular weight is 359 g/mol. The Balaban J connectivity index is 1.84. The van der Waals surface area contributed by atoms with Crippen molar-refractivity contribution in [3.8, 4) is 6.07 Å². The zero-order chi connectivity index (χ0) is 19.1. The maximum atomic E-state index is 9.22. The fourth-order valence-corrected chi connectivity index (χ4v) is 3.43. The normalized spacial score (nSPS) is 11.7. The fraction of sp³-hybridized carbons (Fsp3) is 0.318. The van der Waals surface area contributed by atoms with Gasteiger partial charge in [0.1, 0.15) is 0 Å². The van der Waals surface area contributed by atoms with Gasteiger partial charge in [-0.15, -0.1) is 0 Å². The Bertz CT molecular complexity index is 881. The molecule has 0 aliphatic heterocycles. The minimum atomic E-state index is 0.456. The van der Waals surface area contributed by atoms with Gasteiger partial charge in [-0.05, 0) is 54.2 Å². The zero-order valence-electron chi connectivity index (χ0n) is 15.9. The Labute approximate surface area is 160 Å². The maximum Gasteiger partial charge on any atom is 0.0991 e. The van der Waals surface area contributed by atoms with E-state index in [0.717, 1.165) is 31.6 Å². The summed E-state index contributed by atoms with van der Waals surface area (Å²) in [4.78, 5) is 14.0. The van der Waals surface area contributed by atoms with Crippen molar-refractivity contribution in [3.05, 3.63) is 77.6 Å². The lowest BCUT2D eigenvalue weighted by Crippen LogP contribution is -2.30. The Morgan fingerprint density at radius 3 is 2.78 bits per heavy atom. The van der Waals surface area contributed by atoms with E-state index in [0.29, 0.717) is 11.5 Å². The van der Waals surface area contributed by atoms with Crippen molar-refractivity contribution in [2.45, 2.75) is 33.2 Å². The molecule has 2 aromatic heterocycles. The number of pyridine rings is 1. The van der Waals surface area contributed by atoms with E-state index in [-0.39, 0.29) is 0 Å². The first-order valence-corrected chi connectivity index (χ1v) is 9.33. The number of aryl methyl sites for hydroxylation is 1. The van der Waals surface area contributed by atoms with Crippen molar-refractivity contribution in [3.63, 3.8) is 0 Å². The summed E-state index contributed by atoms with van der Waals surface area (Å²) in [5.74, 6) is 0.456. The summed E-state index contributed by atoms with van der Waals surface area (Å²) in [6.07, 6.45) is 9.20. The zero-order valence-corrected chi connectivity index (χ0v) is 15.9. The minimum Gasteiger partial charge on any atom is -0.365 e. The van der Waals surface area contributed by atoms with Crippen molar-refractivity contribution in [1.82, 2.24) is 15.0 Å². The first kappa shape index (κ1) is 18.7. The van der Waals surface area contributed by atoms with Gasteiger partial charge in [0.25, 0.3) is 0 Å². The number of rotatable bonds is 8. The predicted molar refractivity (Wildman–Crippen MR) is 107 cm³/mol. The quantitative estimate of drug-likeness (QED) is 0.657. The lowest BCUT2D eigenvalue weighted by molar-refractivity contribution is 0.552. The minimum absolute atomic E-state index is 0.456. The number of hydrogen-bond donors (Lipinski definition) is 1. The highest BCUT2D eigenvalue weighted by molar-refractivity contribution is 5.57. The van der Waals surface area contributed by atoms with Crippen LogP contribution in [0.15, 0.2) is 55.2 Å². The molecule has 5 heteroatoms. The number of anilines is 1. The Morgan fingerprint density at radius 2 is 2.11 bits per heavy atom. The predicted octanol–water partition coefficient (Wildman–Crippen LogP) is 4.12. The summed E-state index contributed by atoms with van der Waals surface area (Å²) >= 11 is 0. The standard InChI is InChI=1S/C22H25N5/c1-3-20-10-18(11-23)6-7-22(20)27(15-21-13-25-16-26-21)14-17(2)9-19-5-4-8-24-12-19/h4-8,10,12-13,16-17H,3,9,14-15H2,1-2H3,(H,25,26)/t17-/m1/s1. The van der Waals surface area contributed by atoms with Gasteiger partial charge in [-0.1, -0.05) is 19.9 Å². The number of H-pyrrole nitrogens is 1. The molecule has 1 N–H and O–H groups in total. The third kappa shape index (κ3) is 4.95. The third-order valence-corrected chi connectivity index (χ3v) is 4.69. The van der Waals surface area contributed by atoms with E-state index in [9.17, 15) is 5.26 Å². The molecule has 5 nitrogen and oxygen atoms in total. The highest BCUT2D eigenvalue weighted by Crippen LogP contribution is 2.26. The summed E-state index contributed by atoms with van der Waals surface area (Å²) in [5.41, 5.74) is 5.42. The van der Waals surface area contributed by atoms with E-state index in [1.165, 1.54) is 16.8 Å². The van der Waals surface area contributed by atoms with Gasteiger partial charge in [0, 0.05) is 30.8 Å². The van der Waals surface area contributed by atoms with Crippen LogP contribution in [-0.4, -0.2) is 21.5 Å². The van der Waals surface area contributed by atoms with Crippen molar-refractivity contribution in [2.75, 3.05) is 11.4 Å². The smallest absolute Gasteiger partial charge is 0.0991 e. The van der Waals surface area contributed by atoms with Crippen LogP contribution in [0.25, 0.3) is 0 Å². The molecule has 0 saturated carbocycles. The van der Waals surface area contributed by atoms with Gasteiger partial charge in [0.05, 0.1) is 30.2 Å². The number of hydrogen-bond acceptors (Lipinski definition) is 4. The fourth-order valence-electron chi connectivity index (χ4n) is 3.43. The first-order chi connectivity index (χ1) is 13.2. The van der Waals surface area contributed by atoms with Crippen LogP contribution >= 0.6 is 0 Å². The largest absolute Gasteiger partial charge is 0.365 e. The molecule has 0 aliphatic rings. The van der Waals surface area contributed by atoms with Crippen molar-refractivity contribution in [2.24, 2.45) is 5.92 Å². The number of benzene rings is 1. The number of nitrogens with zero attached hydrogens (tertiary/aromatic N) is 4. The van der Waals surface area contributed by atoms with Gasteiger partial charge >= 0.3 is 0 Å². The summed E-state index contributed by atoms with van der Waals surface area (Å²) in [5, 5.41) is 9.22. The molecule has 3 aromatic rings. The Hall–Kier alpha value is -3.13. The van der Waals surface area contributed by atoms with Crippen LogP contribution in [0, 0.1) is 17.2 Å². The molecule has 0 spiro atoms. The molecule has 3 rings (SSSR count). The highest BCUT2D eigenvalue weighted by Gasteiger charge is 2.16. The SMILES string of the molecule is CCc1cc(C#N)ccc1N(Cc1cnc[nH]1)C[C@H](C)Cc1cccnc1. The topological polar surface area (TPSA) is 68.6 Å². The van der Waals surface area contributed by atoms with Crippen molar-refractivity contribution in [1.29, 1.82) is 5.26 Å². The van der Waals surface area contributed by atoms with Crippen LogP contribution < -0.4 is 4.90 Å². The highest BCUT2D eigenvalue weighted by atomic mass is 15.1. The van der Waals surface area contributed by atoms with Crippen LogP contribution in [-0.2, 0) is 19.4 Å². The first-order valence-electron chi connectivity index (χ1n) is 9.33. The molecule has 2 heterocycles. The molecule has 0 saturated heterocycles. The molecule has 0 aliphatic carbocycles. The molecule has 0 fully saturated rings. The Morgan fingerprint density at radius 1 is 1.22 bits per heavy atom. The molecule has 0 amide bonds. The van der Waals surface area contributed by atoms with Gasteiger partial charge in [-0.2, -0.15) is 5.26 Å². The summed E-state index contributed by atoms with van der Waals surface area (Å²) in [6.45, 7) is 6.07. The second kappa shape index (κ2) is 9.00. The summed E-state index contributed by atoms with van der Waals surface area (Å²) in [7, 11) is 0. The molecule has 0 unspecified atom stereocenters. The third-order valence-electron chi connectivity index (χ3n) is 4.69. The molecular formula is C22H25N5. The molecule has 1 atom stereocenters. The average Bonchev–Trinajstić information content (AvgIpc) is 3.20. The number of aromatic amines is 1. The monoisotopic (exact) mass is 359 g/mol. The van der Waals surface area contributed by atoms with E-state index in [1.807, 2.05) is 36.8 Å². The lowest BCUT2D eigenvalue weighted by atomic mass is 10.00. The molecule has 138 valence electrons. The van der Waals surface area contributed by atoms with Crippen molar-refractivity contribution < 1.29 is 0 Å². The van der Waals surface area contributed by atoms with E-state index in [2.05, 4.69) is 51.9 Å². The summed E-state index contributed by atoms with van der Waals surface area (Å²) < 4.78 is 0. The second-order valence-corrected chi connectivity index (χ2v) is 6.94. The van der Waals surface area contributed by atoms with Gasteiger partial charge in [0.15, 0.2) is 0 Å². The molecule has 27 heavy (non-hydrogen) atoms. The van der Waals surface area contributed by atoms with Crippen LogP contribution in [0.3, 0.4) is 0 Å².